The zero-order valence-corrected chi connectivity index (χ0v) is 8.29. The first kappa shape index (κ1) is 9.72. The van der Waals surface area contributed by atoms with Gasteiger partial charge in [0.15, 0.2) is 5.78 Å². The van der Waals surface area contributed by atoms with Crippen molar-refractivity contribution in [2.45, 2.75) is 20.8 Å². The van der Waals surface area contributed by atoms with Gasteiger partial charge in [-0.1, -0.05) is 29.8 Å². The third-order valence-corrected chi connectivity index (χ3v) is 1.98. The van der Waals surface area contributed by atoms with Crippen molar-refractivity contribution < 1.29 is 4.79 Å². The molecule has 1 aromatic carbocycles. The predicted molar refractivity (Wildman–Crippen MR) is 55.5 cm³/mol. The number of benzene rings is 1. The van der Waals surface area contributed by atoms with E-state index in [1.54, 1.807) is 6.92 Å². The number of carbonyl (C=O) groups is 1. The van der Waals surface area contributed by atoms with Crippen molar-refractivity contribution in [1.82, 2.24) is 0 Å². The monoisotopic (exact) mass is 174 g/mol. The number of allylic oxidation sites excluding steroid dienone is 1. The zero-order chi connectivity index (χ0) is 9.84. The fraction of sp³-hybridized carbons (Fsp3) is 0.250. The van der Waals surface area contributed by atoms with Gasteiger partial charge in [0.1, 0.15) is 0 Å². The molecule has 0 saturated carbocycles. The first-order valence-corrected chi connectivity index (χ1v) is 4.35. The second-order valence-corrected chi connectivity index (χ2v) is 3.30. The Morgan fingerprint density at radius 2 is 2.00 bits per heavy atom. The van der Waals surface area contributed by atoms with Gasteiger partial charge < -0.3 is 0 Å². The Bertz CT molecular complexity index is 348. The van der Waals surface area contributed by atoms with Crippen molar-refractivity contribution in [3.63, 3.8) is 0 Å². The molecule has 0 radical (unpaired) electrons. The van der Waals surface area contributed by atoms with Gasteiger partial charge in [-0.05, 0) is 38.0 Å². The molecule has 0 bridgehead atoms. The Labute approximate surface area is 79.1 Å². The van der Waals surface area contributed by atoms with E-state index in [4.69, 9.17) is 0 Å². The number of rotatable bonds is 2. The summed E-state index contributed by atoms with van der Waals surface area (Å²) in [6, 6.07) is 8.10. The van der Waals surface area contributed by atoms with Gasteiger partial charge in [0.05, 0.1) is 0 Å². The average molecular weight is 174 g/mol. The van der Waals surface area contributed by atoms with E-state index in [1.165, 1.54) is 5.56 Å². The van der Waals surface area contributed by atoms with Crippen molar-refractivity contribution >= 4 is 11.9 Å². The molecule has 0 spiro atoms. The van der Waals surface area contributed by atoms with Gasteiger partial charge in [0, 0.05) is 0 Å². The van der Waals surface area contributed by atoms with Crippen LogP contribution in [0.1, 0.15) is 25.0 Å². The zero-order valence-electron chi connectivity index (χ0n) is 8.29. The SMILES string of the molecule is CC(=O)/C(C)=C\c1cccc(C)c1. The number of carbonyl (C=O) groups excluding carboxylic acids is 1. The third kappa shape index (κ3) is 2.86. The minimum absolute atomic E-state index is 0.126. The number of hydrogen-bond donors (Lipinski definition) is 0. The smallest absolute Gasteiger partial charge is 0.155 e. The van der Waals surface area contributed by atoms with E-state index in [9.17, 15) is 4.79 Å². The topological polar surface area (TPSA) is 17.1 Å². The molecule has 0 saturated heterocycles. The Morgan fingerprint density at radius 3 is 2.54 bits per heavy atom. The van der Waals surface area contributed by atoms with Crippen LogP contribution in [0.2, 0.25) is 0 Å². The van der Waals surface area contributed by atoms with Crippen molar-refractivity contribution in [2.75, 3.05) is 0 Å². The average Bonchev–Trinajstić information content (AvgIpc) is 2.04. The largest absolute Gasteiger partial charge is 0.295 e. The Hall–Kier alpha value is -1.37. The summed E-state index contributed by atoms with van der Waals surface area (Å²) in [4.78, 5) is 11.0. The molecular weight excluding hydrogens is 160 g/mol. The molecule has 1 heteroatoms. The molecule has 0 atom stereocenters. The van der Waals surface area contributed by atoms with Crippen molar-refractivity contribution in [1.29, 1.82) is 0 Å². The number of ketones is 1. The highest BCUT2D eigenvalue weighted by atomic mass is 16.1. The molecule has 0 fully saturated rings. The highest BCUT2D eigenvalue weighted by Gasteiger charge is 1.96. The van der Waals surface area contributed by atoms with Crippen LogP contribution in [0.3, 0.4) is 0 Å². The van der Waals surface area contributed by atoms with E-state index in [0.29, 0.717) is 0 Å². The summed E-state index contributed by atoms with van der Waals surface area (Å²) < 4.78 is 0. The summed E-state index contributed by atoms with van der Waals surface area (Å²) in [6.45, 7) is 5.47. The van der Waals surface area contributed by atoms with E-state index in [-0.39, 0.29) is 5.78 Å². The molecule has 0 amide bonds. The lowest BCUT2D eigenvalue weighted by Crippen LogP contribution is -1.90. The van der Waals surface area contributed by atoms with Crippen LogP contribution in [0.4, 0.5) is 0 Å². The summed E-state index contributed by atoms with van der Waals surface area (Å²) in [5.41, 5.74) is 3.10. The first-order valence-electron chi connectivity index (χ1n) is 4.35. The highest BCUT2D eigenvalue weighted by molar-refractivity contribution is 5.97. The van der Waals surface area contributed by atoms with Gasteiger partial charge in [-0.3, -0.25) is 4.79 Å². The lowest BCUT2D eigenvalue weighted by Gasteiger charge is -1.97. The Morgan fingerprint density at radius 1 is 1.31 bits per heavy atom. The molecule has 0 unspecified atom stereocenters. The van der Waals surface area contributed by atoms with Crippen molar-refractivity contribution in [3.8, 4) is 0 Å². The Balaban J connectivity index is 2.97. The first-order chi connectivity index (χ1) is 6.09. The van der Waals surface area contributed by atoms with Gasteiger partial charge in [-0.25, -0.2) is 0 Å². The molecular formula is C12H14O. The van der Waals surface area contributed by atoms with Crippen LogP contribution in [-0.4, -0.2) is 5.78 Å². The van der Waals surface area contributed by atoms with Gasteiger partial charge in [0.25, 0.3) is 0 Å². The minimum atomic E-state index is 0.126. The van der Waals surface area contributed by atoms with E-state index in [1.807, 2.05) is 38.1 Å². The fourth-order valence-corrected chi connectivity index (χ4v) is 1.11. The lowest BCUT2D eigenvalue weighted by molar-refractivity contribution is -0.113. The molecule has 0 aliphatic rings. The van der Waals surface area contributed by atoms with Crippen LogP contribution in [0.25, 0.3) is 6.08 Å². The van der Waals surface area contributed by atoms with E-state index < -0.39 is 0 Å². The normalized spacial score (nSPS) is 11.5. The van der Waals surface area contributed by atoms with E-state index >= 15 is 0 Å². The molecule has 68 valence electrons. The minimum Gasteiger partial charge on any atom is -0.295 e. The van der Waals surface area contributed by atoms with Crippen molar-refractivity contribution in [3.05, 3.63) is 41.0 Å². The van der Waals surface area contributed by atoms with Gasteiger partial charge in [0.2, 0.25) is 0 Å². The summed E-state index contributed by atoms with van der Waals surface area (Å²) in [5, 5.41) is 0. The van der Waals surface area contributed by atoms with Gasteiger partial charge in [-0.2, -0.15) is 0 Å². The predicted octanol–water partition coefficient (Wildman–Crippen LogP) is 2.99. The second-order valence-electron chi connectivity index (χ2n) is 3.30. The quantitative estimate of drug-likeness (QED) is 0.630. The molecule has 0 N–H and O–H groups in total. The third-order valence-electron chi connectivity index (χ3n) is 1.98. The van der Waals surface area contributed by atoms with E-state index in [2.05, 4.69) is 6.07 Å². The van der Waals surface area contributed by atoms with Crippen LogP contribution in [0.15, 0.2) is 29.8 Å². The Kier molecular flexibility index (Phi) is 3.02. The van der Waals surface area contributed by atoms with Crippen LogP contribution in [-0.2, 0) is 4.79 Å². The van der Waals surface area contributed by atoms with Gasteiger partial charge in [-0.15, -0.1) is 0 Å². The number of hydrogen-bond acceptors (Lipinski definition) is 1. The molecule has 1 nitrogen and oxygen atoms in total. The summed E-state index contributed by atoms with van der Waals surface area (Å²) >= 11 is 0. The molecule has 0 heterocycles. The lowest BCUT2D eigenvalue weighted by atomic mass is 10.1. The molecule has 13 heavy (non-hydrogen) atoms. The molecule has 0 aromatic heterocycles. The summed E-state index contributed by atoms with van der Waals surface area (Å²) in [6.07, 6.45) is 1.91. The molecule has 0 aliphatic heterocycles. The maximum absolute atomic E-state index is 11.0. The molecule has 0 aliphatic carbocycles. The highest BCUT2D eigenvalue weighted by Crippen LogP contribution is 2.09. The van der Waals surface area contributed by atoms with Crippen LogP contribution in [0.5, 0.6) is 0 Å². The molecule has 1 aromatic rings. The second kappa shape index (κ2) is 4.04. The van der Waals surface area contributed by atoms with E-state index in [0.717, 1.165) is 11.1 Å². The van der Waals surface area contributed by atoms with Crippen LogP contribution < -0.4 is 0 Å². The van der Waals surface area contributed by atoms with Gasteiger partial charge >= 0.3 is 0 Å². The number of aryl methyl sites for hydroxylation is 1. The summed E-state index contributed by atoms with van der Waals surface area (Å²) in [5.74, 6) is 0.126. The maximum Gasteiger partial charge on any atom is 0.155 e. The standard InChI is InChI=1S/C12H14O/c1-9-5-4-6-12(7-9)8-10(2)11(3)13/h4-8H,1-3H3/b10-8-. The van der Waals surface area contributed by atoms with Crippen LogP contribution >= 0.6 is 0 Å². The summed E-state index contributed by atoms with van der Waals surface area (Å²) in [7, 11) is 0. The molecule has 1 rings (SSSR count). The number of Topliss-reactive ketones (excluding diaryl/α,β-unsaturated/α-hetero) is 1. The fourth-order valence-electron chi connectivity index (χ4n) is 1.11. The van der Waals surface area contributed by atoms with Crippen molar-refractivity contribution in [2.24, 2.45) is 0 Å². The maximum atomic E-state index is 11.0. The van der Waals surface area contributed by atoms with Crippen LogP contribution in [0, 0.1) is 6.92 Å².